The van der Waals surface area contributed by atoms with Gasteiger partial charge in [-0.15, -0.1) is 0 Å². The van der Waals surface area contributed by atoms with E-state index in [1.165, 1.54) is 19.3 Å². The molecule has 0 saturated heterocycles. The first-order valence-corrected chi connectivity index (χ1v) is 10.3. The van der Waals surface area contributed by atoms with Crippen LogP contribution >= 0.6 is 0 Å². The molecule has 1 aliphatic rings. The standard InChI is InChI=1S/C22H35N3O2/c1-5-24(16-20(26)23-22(2,3)4)17-21(27)25(18-12-8-6-9-13-18)19-14-10-7-11-15-19/h6,8-9,12-13,19H,5,7,10-11,14-17H2,1-4H3,(H,23,26)/p+1. The van der Waals surface area contributed by atoms with Gasteiger partial charge in [0.05, 0.1) is 6.54 Å². The summed E-state index contributed by atoms with van der Waals surface area (Å²) in [6, 6.07) is 10.3. The van der Waals surface area contributed by atoms with Crippen LogP contribution in [0, 0.1) is 0 Å². The Hall–Kier alpha value is -1.88. The number of hydrogen-bond acceptors (Lipinski definition) is 2. The molecule has 1 aromatic carbocycles. The number of anilines is 1. The van der Waals surface area contributed by atoms with Crippen molar-refractivity contribution in [1.82, 2.24) is 5.32 Å². The number of nitrogens with one attached hydrogen (secondary N) is 2. The van der Waals surface area contributed by atoms with Crippen LogP contribution in [0.5, 0.6) is 0 Å². The molecule has 150 valence electrons. The van der Waals surface area contributed by atoms with Crippen LogP contribution in [0.1, 0.15) is 59.8 Å². The number of nitrogens with zero attached hydrogens (tertiary/aromatic N) is 1. The Kier molecular flexibility index (Phi) is 7.84. The maximum absolute atomic E-state index is 13.3. The molecule has 1 saturated carbocycles. The second-order valence-corrected chi connectivity index (χ2v) is 8.65. The molecule has 1 atom stereocenters. The first kappa shape index (κ1) is 21.4. The molecule has 5 nitrogen and oxygen atoms in total. The fourth-order valence-corrected chi connectivity index (χ4v) is 3.79. The molecular formula is C22H36N3O2+. The smallest absolute Gasteiger partial charge is 0.282 e. The number of likely N-dealkylation sites (N-methyl/N-ethyl adjacent to an activating group) is 1. The highest BCUT2D eigenvalue weighted by Crippen LogP contribution is 2.27. The van der Waals surface area contributed by atoms with E-state index < -0.39 is 0 Å². The molecule has 0 bridgehead atoms. The average Bonchev–Trinajstić information content (AvgIpc) is 2.61. The lowest BCUT2D eigenvalue weighted by molar-refractivity contribution is -0.881. The van der Waals surface area contributed by atoms with Crippen LogP contribution < -0.4 is 15.1 Å². The van der Waals surface area contributed by atoms with Crippen LogP contribution in [-0.2, 0) is 9.59 Å². The zero-order chi connectivity index (χ0) is 19.9. The van der Waals surface area contributed by atoms with Crippen LogP contribution in [0.2, 0.25) is 0 Å². The Morgan fingerprint density at radius 1 is 1.07 bits per heavy atom. The maximum Gasteiger partial charge on any atom is 0.282 e. The summed E-state index contributed by atoms with van der Waals surface area (Å²) in [5, 5.41) is 3.00. The van der Waals surface area contributed by atoms with E-state index in [-0.39, 0.29) is 23.4 Å². The molecule has 0 spiro atoms. The highest BCUT2D eigenvalue weighted by Gasteiger charge is 2.30. The molecule has 1 aliphatic carbocycles. The summed E-state index contributed by atoms with van der Waals surface area (Å²) in [6.07, 6.45) is 5.74. The highest BCUT2D eigenvalue weighted by atomic mass is 16.2. The van der Waals surface area contributed by atoms with Gasteiger partial charge in [-0.3, -0.25) is 9.59 Å². The minimum absolute atomic E-state index is 0.00363. The number of benzene rings is 1. The summed E-state index contributed by atoms with van der Waals surface area (Å²) in [5.74, 6) is 0.115. The number of para-hydroxylation sites is 1. The highest BCUT2D eigenvalue weighted by molar-refractivity contribution is 5.94. The third-order valence-electron chi connectivity index (χ3n) is 5.07. The van der Waals surface area contributed by atoms with Crippen molar-refractivity contribution in [2.75, 3.05) is 24.5 Å². The molecule has 0 radical (unpaired) electrons. The maximum atomic E-state index is 13.3. The zero-order valence-electron chi connectivity index (χ0n) is 17.4. The van der Waals surface area contributed by atoms with Crippen molar-refractivity contribution in [2.45, 2.75) is 71.4 Å². The van der Waals surface area contributed by atoms with Crippen molar-refractivity contribution in [3.8, 4) is 0 Å². The van der Waals surface area contributed by atoms with Crippen molar-refractivity contribution < 1.29 is 14.5 Å². The van der Waals surface area contributed by atoms with Crippen molar-refractivity contribution >= 4 is 17.5 Å². The quantitative estimate of drug-likeness (QED) is 0.769. The normalized spacial score (nSPS) is 16.6. The van der Waals surface area contributed by atoms with Crippen LogP contribution in [0.25, 0.3) is 0 Å². The van der Waals surface area contributed by atoms with Gasteiger partial charge in [0.2, 0.25) is 0 Å². The monoisotopic (exact) mass is 374 g/mol. The zero-order valence-corrected chi connectivity index (χ0v) is 17.4. The molecule has 1 unspecified atom stereocenters. The summed E-state index contributed by atoms with van der Waals surface area (Å²) < 4.78 is 0. The summed E-state index contributed by atoms with van der Waals surface area (Å²) >= 11 is 0. The van der Waals surface area contributed by atoms with Crippen LogP contribution in [-0.4, -0.2) is 43.0 Å². The Labute approximate surface area is 164 Å². The molecule has 0 heterocycles. The second kappa shape index (κ2) is 9.88. The molecule has 2 amide bonds. The van der Waals surface area contributed by atoms with Gasteiger partial charge >= 0.3 is 0 Å². The van der Waals surface area contributed by atoms with E-state index in [9.17, 15) is 9.59 Å². The van der Waals surface area contributed by atoms with E-state index in [2.05, 4.69) is 5.32 Å². The summed E-state index contributed by atoms with van der Waals surface area (Å²) in [7, 11) is 0. The van der Waals surface area contributed by atoms with Crippen LogP contribution in [0.4, 0.5) is 5.69 Å². The van der Waals surface area contributed by atoms with Crippen molar-refractivity contribution in [2.24, 2.45) is 0 Å². The molecule has 0 aliphatic heterocycles. The average molecular weight is 375 g/mol. The van der Waals surface area contributed by atoms with E-state index >= 15 is 0 Å². The number of rotatable bonds is 7. The largest absolute Gasteiger partial charge is 0.347 e. The van der Waals surface area contributed by atoms with Gasteiger partial charge in [-0.05, 0) is 52.7 Å². The first-order chi connectivity index (χ1) is 12.8. The topological polar surface area (TPSA) is 53.9 Å². The van der Waals surface area contributed by atoms with Gasteiger partial charge in [0.1, 0.15) is 0 Å². The minimum Gasteiger partial charge on any atom is -0.347 e. The number of hydrogen-bond donors (Lipinski definition) is 2. The number of amides is 2. The first-order valence-electron chi connectivity index (χ1n) is 10.3. The third kappa shape index (κ3) is 6.98. The minimum atomic E-state index is -0.252. The van der Waals surface area contributed by atoms with Crippen LogP contribution in [0.15, 0.2) is 30.3 Å². The fourth-order valence-electron chi connectivity index (χ4n) is 3.79. The van der Waals surface area contributed by atoms with Crippen molar-refractivity contribution in [1.29, 1.82) is 0 Å². The van der Waals surface area contributed by atoms with Crippen molar-refractivity contribution in [3.63, 3.8) is 0 Å². The van der Waals surface area contributed by atoms with Gasteiger partial charge < -0.3 is 15.1 Å². The lowest BCUT2D eigenvalue weighted by Gasteiger charge is -2.35. The van der Waals surface area contributed by atoms with Gasteiger partial charge in [0.25, 0.3) is 11.8 Å². The Morgan fingerprint density at radius 2 is 1.70 bits per heavy atom. The van der Waals surface area contributed by atoms with Gasteiger partial charge in [0, 0.05) is 17.3 Å². The lowest BCUT2D eigenvalue weighted by Crippen LogP contribution is -3.14. The predicted molar refractivity (Wildman–Crippen MR) is 110 cm³/mol. The van der Waals surface area contributed by atoms with Gasteiger partial charge in [-0.25, -0.2) is 0 Å². The van der Waals surface area contributed by atoms with Gasteiger partial charge in [-0.1, -0.05) is 37.5 Å². The van der Waals surface area contributed by atoms with E-state index in [1.54, 1.807) is 0 Å². The van der Waals surface area contributed by atoms with Crippen molar-refractivity contribution in [3.05, 3.63) is 30.3 Å². The van der Waals surface area contributed by atoms with Crippen LogP contribution in [0.3, 0.4) is 0 Å². The third-order valence-corrected chi connectivity index (χ3v) is 5.07. The SMILES string of the molecule is CC[NH+](CC(=O)NC(C)(C)C)CC(=O)N(c1ccccc1)C1CCCCC1. The number of quaternary nitrogens is 1. The molecule has 5 heteroatoms. The molecule has 1 aromatic rings. The number of carbonyl (C=O) groups excluding carboxylic acids is 2. The molecule has 27 heavy (non-hydrogen) atoms. The lowest BCUT2D eigenvalue weighted by atomic mass is 9.93. The van der Waals surface area contributed by atoms with E-state index in [0.29, 0.717) is 13.1 Å². The molecule has 2 rings (SSSR count). The summed E-state index contributed by atoms with van der Waals surface area (Å²) in [5.41, 5.74) is 0.724. The van der Waals surface area contributed by atoms with E-state index in [0.717, 1.165) is 30.0 Å². The summed E-state index contributed by atoms with van der Waals surface area (Å²) in [6.45, 7) is 9.37. The second-order valence-electron chi connectivity index (χ2n) is 8.65. The van der Waals surface area contributed by atoms with Gasteiger partial charge in [-0.2, -0.15) is 0 Å². The number of carbonyl (C=O) groups is 2. The predicted octanol–water partition coefficient (Wildman–Crippen LogP) is 2.17. The molecule has 1 fully saturated rings. The van der Waals surface area contributed by atoms with E-state index in [1.807, 2.05) is 62.9 Å². The van der Waals surface area contributed by atoms with Gasteiger partial charge in [0.15, 0.2) is 13.1 Å². The Balaban J connectivity index is 2.08. The Bertz CT molecular complexity index is 604. The fraction of sp³-hybridized carbons (Fsp3) is 0.636. The molecule has 0 aromatic heterocycles. The molecule has 2 N–H and O–H groups in total. The Morgan fingerprint density at radius 3 is 2.26 bits per heavy atom. The van der Waals surface area contributed by atoms with E-state index in [4.69, 9.17) is 0 Å². The summed E-state index contributed by atoms with van der Waals surface area (Å²) in [4.78, 5) is 28.5. The molecular weight excluding hydrogens is 338 g/mol.